The highest BCUT2D eigenvalue weighted by Crippen LogP contribution is 2.21. The third-order valence-electron chi connectivity index (χ3n) is 2.28. The van der Waals surface area contributed by atoms with E-state index in [1.165, 1.54) is 6.20 Å². The van der Waals surface area contributed by atoms with Crippen LogP contribution in [0.25, 0.3) is 0 Å². The van der Waals surface area contributed by atoms with Crippen molar-refractivity contribution >= 4 is 40.9 Å². The number of rotatable bonds is 6. The van der Waals surface area contributed by atoms with Gasteiger partial charge in [0.25, 0.3) is 0 Å². The minimum atomic E-state index is -0.910. The number of nitrogens with one attached hydrogen (secondary N) is 1. The lowest BCUT2D eigenvalue weighted by molar-refractivity contribution is -0.137. The zero-order valence-corrected chi connectivity index (χ0v) is 12.2. The first-order chi connectivity index (χ1) is 8.91. The zero-order valence-electron chi connectivity index (χ0n) is 10.6. The average molecular weight is 303 g/mol. The van der Waals surface area contributed by atoms with Crippen LogP contribution in [0.3, 0.4) is 0 Å². The number of pyridine rings is 1. The van der Waals surface area contributed by atoms with Crippen LogP contribution in [0.15, 0.2) is 18.3 Å². The summed E-state index contributed by atoms with van der Waals surface area (Å²) in [7, 11) is 0. The van der Waals surface area contributed by atoms with Crippen molar-refractivity contribution in [2.24, 2.45) is 5.92 Å². The van der Waals surface area contributed by atoms with Gasteiger partial charge in [-0.15, -0.1) is 11.8 Å². The van der Waals surface area contributed by atoms with Gasteiger partial charge in [0.15, 0.2) is 5.15 Å². The van der Waals surface area contributed by atoms with Gasteiger partial charge in [-0.25, -0.2) is 4.98 Å². The molecule has 0 aliphatic heterocycles. The Morgan fingerprint density at radius 1 is 1.53 bits per heavy atom. The molecule has 0 radical (unpaired) electrons. The summed E-state index contributed by atoms with van der Waals surface area (Å²) in [6.07, 6.45) is 1.52. The molecule has 1 heterocycles. The fraction of sp³-hybridized carbons (Fsp3) is 0.417. The number of halogens is 1. The molecule has 0 aromatic carbocycles. The molecular weight excluding hydrogens is 288 g/mol. The lowest BCUT2D eigenvalue weighted by Gasteiger charge is -2.15. The monoisotopic (exact) mass is 302 g/mol. The fourth-order valence-corrected chi connectivity index (χ4v) is 2.48. The van der Waals surface area contributed by atoms with Crippen LogP contribution in [0.1, 0.15) is 13.8 Å². The Bertz CT molecular complexity index is 468. The van der Waals surface area contributed by atoms with Crippen LogP contribution in [0.5, 0.6) is 0 Å². The van der Waals surface area contributed by atoms with Crippen LogP contribution in [-0.2, 0) is 9.59 Å². The summed E-state index contributed by atoms with van der Waals surface area (Å²) in [5, 5.41) is 11.2. The van der Waals surface area contributed by atoms with Crippen molar-refractivity contribution in [3.63, 3.8) is 0 Å². The Balaban J connectivity index is 2.52. The molecule has 1 rings (SSSR count). The number of amides is 1. The van der Waals surface area contributed by atoms with Crippen LogP contribution in [-0.4, -0.2) is 33.0 Å². The summed E-state index contributed by atoms with van der Waals surface area (Å²) in [6.45, 7) is 3.61. The van der Waals surface area contributed by atoms with Gasteiger partial charge in [0.1, 0.15) is 5.25 Å². The number of thioether (sulfide) groups is 1. The Kier molecular flexibility index (Phi) is 6.11. The van der Waals surface area contributed by atoms with E-state index in [0.29, 0.717) is 5.69 Å². The minimum absolute atomic E-state index is 0.0442. The van der Waals surface area contributed by atoms with Crippen molar-refractivity contribution in [2.75, 3.05) is 11.1 Å². The number of carboxylic acids is 1. The summed E-state index contributed by atoms with van der Waals surface area (Å²) < 4.78 is 0. The number of aliphatic carboxylic acids is 1. The molecule has 2 N–H and O–H groups in total. The van der Waals surface area contributed by atoms with Crippen LogP contribution in [0.2, 0.25) is 5.15 Å². The predicted molar refractivity (Wildman–Crippen MR) is 76.6 cm³/mol. The molecule has 19 heavy (non-hydrogen) atoms. The molecule has 0 aliphatic rings. The first-order valence-electron chi connectivity index (χ1n) is 5.66. The summed E-state index contributed by atoms with van der Waals surface area (Å²) in [5.74, 6) is -1.20. The molecule has 0 spiro atoms. The third kappa shape index (κ3) is 5.08. The van der Waals surface area contributed by atoms with E-state index in [9.17, 15) is 9.59 Å². The van der Waals surface area contributed by atoms with Gasteiger partial charge in [0.05, 0.1) is 11.4 Å². The smallest absolute Gasteiger partial charge is 0.316 e. The van der Waals surface area contributed by atoms with Gasteiger partial charge in [-0.05, 0) is 18.1 Å². The molecule has 1 aromatic heterocycles. The highest BCUT2D eigenvalue weighted by atomic mass is 35.5. The maximum atomic E-state index is 11.7. The number of hydrogen-bond donors (Lipinski definition) is 2. The van der Waals surface area contributed by atoms with Crippen molar-refractivity contribution in [1.82, 2.24) is 4.98 Å². The topological polar surface area (TPSA) is 79.3 Å². The number of carbonyl (C=O) groups is 2. The normalized spacial score (nSPS) is 12.2. The van der Waals surface area contributed by atoms with Crippen molar-refractivity contribution in [3.8, 4) is 0 Å². The second kappa shape index (κ2) is 7.35. The van der Waals surface area contributed by atoms with E-state index in [1.807, 2.05) is 13.8 Å². The molecule has 1 aromatic rings. The number of nitrogens with zero attached hydrogens (tertiary/aromatic N) is 1. The van der Waals surface area contributed by atoms with Crippen molar-refractivity contribution in [3.05, 3.63) is 23.5 Å². The number of aromatic nitrogens is 1. The van der Waals surface area contributed by atoms with Crippen LogP contribution in [0, 0.1) is 5.92 Å². The lowest BCUT2D eigenvalue weighted by atomic mass is 10.1. The van der Waals surface area contributed by atoms with E-state index in [1.54, 1.807) is 12.1 Å². The van der Waals surface area contributed by atoms with E-state index in [0.717, 1.165) is 11.8 Å². The molecule has 5 nitrogen and oxygen atoms in total. The highest BCUT2D eigenvalue weighted by molar-refractivity contribution is 8.01. The van der Waals surface area contributed by atoms with Gasteiger partial charge in [-0.1, -0.05) is 25.4 Å². The molecule has 104 valence electrons. The molecule has 0 aliphatic carbocycles. The maximum absolute atomic E-state index is 11.7. The molecule has 1 amide bonds. The molecule has 0 fully saturated rings. The summed E-state index contributed by atoms with van der Waals surface area (Å²) in [4.78, 5) is 26.5. The second-order valence-corrected chi connectivity index (χ2v) is 5.69. The minimum Gasteiger partial charge on any atom is -0.480 e. The molecule has 0 bridgehead atoms. The summed E-state index contributed by atoms with van der Waals surface area (Å²) >= 11 is 6.90. The Labute approximate surface area is 120 Å². The predicted octanol–water partition coefficient (Wildman–Crippen LogP) is 2.52. The van der Waals surface area contributed by atoms with Crippen molar-refractivity contribution < 1.29 is 14.7 Å². The standard InChI is InChI=1S/C12H15ClN2O3S/c1-7(2)10(12(17)18)19-6-9(16)15-8-4-3-5-14-11(8)13/h3-5,7,10H,6H2,1-2H3,(H,15,16)(H,17,18). The van der Waals surface area contributed by atoms with Crippen molar-refractivity contribution in [2.45, 2.75) is 19.1 Å². The quantitative estimate of drug-likeness (QED) is 0.789. The summed E-state index contributed by atoms with van der Waals surface area (Å²) in [5.41, 5.74) is 0.422. The largest absolute Gasteiger partial charge is 0.480 e. The Morgan fingerprint density at radius 3 is 2.74 bits per heavy atom. The van der Waals surface area contributed by atoms with Gasteiger partial charge >= 0.3 is 5.97 Å². The number of carboxylic acid groups (broad SMARTS) is 1. The lowest BCUT2D eigenvalue weighted by Crippen LogP contribution is -2.25. The summed E-state index contributed by atoms with van der Waals surface area (Å²) in [6, 6.07) is 3.29. The molecule has 7 heteroatoms. The van der Waals surface area contributed by atoms with Gasteiger partial charge in [0.2, 0.25) is 5.91 Å². The van der Waals surface area contributed by atoms with Crippen LogP contribution < -0.4 is 5.32 Å². The highest BCUT2D eigenvalue weighted by Gasteiger charge is 2.23. The van der Waals surface area contributed by atoms with Gasteiger partial charge < -0.3 is 10.4 Å². The van der Waals surface area contributed by atoms with Gasteiger partial charge in [0, 0.05) is 6.20 Å². The van der Waals surface area contributed by atoms with Crippen molar-refractivity contribution in [1.29, 1.82) is 0 Å². The zero-order chi connectivity index (χ0) is 14.4. The van der Waals surface area contributed by atoms with Crippen LogP contribution in [0.4, 0.5) is 5.69 Å². The van der Waals surface area contributed by atoms with Gasteiger partial charge in [-0.2, -0.15) is 0 Å². The first-order valence-corrected chi connectivity index (χ1v) is 7.09. The molecule has 1 unspecified atom stereocenters. The van der Waals surface area contributed by atoms with E-state index in [-0.39, 0.29) is 22.7 Å². The number of carbonyl (C=O) groups excluding carboxylic acids is 1. The van der Waals surface area contributed by atoms with E-state index in [4.69, 9.17) is 16.7 Å². The Hall–Kier alpha value is -1.27. The molecule has 0 saturated carbocycles. The van der Waals surface area contributed by atoms with E-state index >= 15 is 0 Å². The first kappa shape index (κ1) is 15.8. The SMILES string of the molecule is CC(C)C(SCC(=O)Nc1cccnc1Cl)C(=O)O. The second-order valence-electron chi connectivity index (χ2n) is 4.20. The maximum Gasteiger partial charge on any atom is 0.316 e. The third-order valence-corrected chi connectivity index (χ3v) is 4.11. The van der Waals surface area contributed by atoms with E-state index in [2.05, 4.69) is 10.3 Å². The van der Waals surface area contributed by atoms with E-state index < -0.39 is 11.2 Å². The average Bonchev–Trinajstić information content (AvgIpc) is 2.31. The molecule has 1 atom stereocenters. The van der Waals surface area contributed by atoms with Crippen LogP contribution >= 0.6 is 23.4 Å². The van der Waals surface area contributed by atoms with Gasteiger partial charge in [-0.3, -0.25) is 9.59 Å². The number of anilines is 1. The Morgan fingerprint density at radius 2 is 2.21 bits per heavy atom. The molecular formula is C12H15ClN2O3S. The molecule has 0 saturated heterocycles. The number of hydrogen-bond acceptors (Lipinski definition) is 4. The fourth-order valence-electron chi connectivity index (χ4n) is 1.38.